The van der Waals surface area contributed by atoms with Crippen LogP contribution >= 0.6 is 15.9 Å². The van der Waals surface area contributed by atoms with Gasteiger partial charge in [0.05, 0.1) is 6.04 Å². The monoisotopic (exact) mass is 350 g/mol. The van der Waals surface area contributed by atoms with Crippen molar-refractivity contribution in [1.29, 1.82) is 0 Å². The number of likely N-dealkylation sites (tertiary alicyclic amines) is 1. The predicted molar refractivity (Wildman–Crippen MR) is 90.6 cm³/mol. The normalized spacial score (nSPS) is 19.2. The van der Waals surface area contributed by atoms with Gasteiger partial charge in [0.1, 0.15) is 11.3 Å². The van der Waals surface area contributed by atoms with E-state index >= 15 is 0 Å². The topological polar surface area (TPSA) is 28.4 Å². The van der Waals surface area contributed by atoms with Crippen LogP contribution in [-0.2, 0) is 0 Å². The third-order valence-corrected chi connectivity index (χ3v) is 5.09. The summed E-state index contributed by atoms with van der Waals surface area (Å²) >= 11 is 3.52. The first-order valence-corrected chi connectivity index (χ1v) is 8.54. The standard InChI is InChI=1S/C17H23BrN2O/c1-12(20-7-5-13(6-8-20)11-19-2)17-10-14-9-15(18)3-4-16(14)21-17/h3-4,9-10,12-13,19H,5-8,11H2,1-2H3. The molecular formula is C17H23BrN2O. The van der Waals surface area contributed by atoms with E-state index in [9.17, 15) is 0 Å². The minimum Gasteiger partial charge on any atom is -0.459 e. The lowest BCUT2D eigenvalue weighted by atomic mass is 9.95. The van der Waals surface area contributed by atoms with Gasteiger partial charge in [-0.15, -0.1) is 0 Å². The van der Waals surface area contributed by atoms with Crippen LogP contribution < -0.4 is 5.32 Å². The van der Waals surface area contributed by atoms with Crippen molar-refractivity contribution < 1.29 is 4.42 Å². The molecule has 3 rings (SSSR count). The quantitative estimate of drug-likeness (QED) is 0.896. The van der Waals surface area contributed by atoms with Crippen LogP contribution in [0.1, 0.15) is 31.6 Å². The average Bonchev–Trinajstić information content (AvgIpc) is 2.90. The fraction of sp³-hybridized carbons (Fsp3) is 0.529. The number of piperidine rings is 1. The Morgan fingerprint density at radius 3 is 2.81 bits per heavy atom. The van der Waals surface area contributed by atoms with Gasteiger partial charge in [-0.2, -0.15) is 0 Å². The van der Waals surface area contributed by atoms with E-state index in [-0.39, 0.29) is 0 Å². The summed E-state index contributed by atoms with van der Waals surface area (Å²) in [5.41, 5.74) is 0.977. The van der Waals surface area contributed by atoms with Crippen molar-refractivity contribution in [3.63, 3.8) is 0 Å². The first-order chi connectivity index (χ1) is 10.2. The lowest BCUT2D eigenvalue weighted by Crippen LogP contribution is -2.38. The van der Waals surface area contributed by atoms with E-state index in [4.69, 9.17) is 4.42 Å². The maximum absolute atomic E-state index is 6.04. The summed E-state index contributed by atoms with van der Waals surface area (Å²) in [5, 5.41) is 4.47. The number of rotatable bonds is 4. The van der Waals surface area contributed by atoms with Crippen LogP contribution in [0.5, 0.6) is 0 Å². The van der Waals surface area contributed by atoms with Crippen molar-refractivity contribution in [2.45, 2.75) is 25.8 Å². The molecule has 21 heavy (non-hydrogen) atoms. The molecule has 1 saturated heterocycles. The molecule has 2 heterocycles. The molecule has 0 saturated carbocycles. The van der Waals surface area contributed by atoms with E-state index in [2.05, 4.69) is 45.2 Å². The van der Waals surface area contributed by atoms with Gasteiger partial charge in [0.2, 0.25) is 0 Å². The van der Waals surface area contributed by atoms with Crippen LogP contribution in [0.3, 0.4) is 0 Å². The number of fused-ring (bicyclic) bond motifs is 1. The minimum absolute atomic E-state index is 0.353. The maximum atomic E-state index is 6.04. The third-order valence-electron chi connectivity index (χ3n) is 4.60. The molecule has 4 heteroatoms. The Kier molecular flexibility index (Phi) is 4.67. The molecule has 0 amide bonds. The number of hydrogen-bond donors (Lipinski definition) is 1. The van der Waals surface area contributed by atoms with Crippen LogP contribution in [0.4, 0.5) is 0 Å². The number of nitrogens with one attached hydrogen (secondary N) is 1. The zero-order valence-electron chi connectivity index (χ0n) is 12.7. The summed E-state index contributed by atoms with van der Waals surface area (Å²) in [6.45, 7) is 5.72. The third kappa shape index (κ3) is 3.33. The summed E-state index contributed by atoms with van der Waals surface area (Å²) in [4.78, 5) is 2.54. The Hall–Kier alpha value is -0.840. The van der Waals surface area contributed by atoms with E-state index < -0.39 is 0 Å². The highest BCUT2D eigenvalue weighted by atomic mass is 79.9. The van der Waals surface area contributed by atoms with Gasteiger partial charge < -0.3 is 9.73 Å². The Bertz CT molecular complexity index is 602. The second-order valence-corrected chi connectivity index (χ2v) is 6.96. The number of halogens is 1. The first kappa shape index (κ1) is 15.1. The van der Waals surface area contributed by atoms with Crippen molar-refractivity contribution in [1.82, 2.24) is 10.2 Å². The summed E-state index contributed by atoms with van der Waals surface area (Å²) in [5.74, 6) is 1.90. The highest BCUT2D eigenvalue weighted by Gasteiger charge is 2.25. The number of nitrogens with zero attached hydrogens (tertiary/aromatic N) is 1. The highest BCUT2D eigenvalue weighted by molar-refractivity contribution is 9.10. The van der Waals surface area contributed by atoms with Gasteiger partial charge in [-0.3, -0.25) is 4.90 Å². The number of hydrogen-bond acceptors (Lipinski definition) is 3. The Morgan fingerprint density at radius 2 is 2.10 bits per heavy atom. The van der Waals surface area contributed by atoms with Crippen molar-refractivity contribution in [3.05, 3.63) is 34.5 Å². The zero-order chi connectivity index (χ0) is 14.8. The maximum Gasteiger partial charge on any atom is 0.134 e. The van der Waals surface area contributed by atoms with E-state index in [0.717, 1.165) is 41.4 Å². The molecule has 3 nitrogen and oxygen atoms in total. The van der Waals surface area contributed by atoms with Gasteiger partial charge in [-0.25, -0.2) is 0 Å². The van der Waals surface area contributed by atoms with Crippen molar-refractivity contribution in [2.24, 2.45) is 5.92 Å². The molecular weight excluding hydrogens is 328 g/mol. The Morgan fingerprint density at radius 1 is 1.33 bits per heavy atom. The molecule has 1 unspecified atom stereocenters. The second kappa shape index (κ2) is 6.51. The second-order valence-electron chi connectivity index (χ2n) is 6.04. The van der Waals surface area contributed by atoms with E-state index in [0.29, 0.717) is 6.04 Å². The fourth-order valence-electron chi connectivity index (χ4n) is 3.25. The van der Waals surface area contributed by atoms with Crippen LogP contribution in [0.2, 0.25) is 0 Å². The lowest BCUT2D eigenvalue weighted by molar-refractivity contribution is 0.129. The lowest BCUT2D eigenvalue weighted by Gasteiger charge is -2.35. The van der Waals surface area contributed by atoms with Gasteiger partial charge in [0.25, 0.3) is 0 Å². The molecule has 1 aromatic heterocycles. The van der Waals surface area contributed by atoms with E-state index in [1.165, 1.54) is 18.2 Å². The summed E-state index contributed by atoms with van der Waals surface area (Å²) in [7, 11) is 2.04. The molecule has 1 aliphatic heterocycles. The van der Waals surface area contributed by atoms with Crippen molar-refractivity contribution >= 4 is 26.9 Å². The van der Waals surface area contributed by atoms with E-state index in [1.807, 2.05) is 19.2 Å². The highest BCUT2D eigenvalue weighted by Crippen LogP contribution is 2.31. The smallest absolute Gasteiger partial charge is 0.134 e. The SMILES string of the molecule is CNCC1CCN(C(C)c2cc3cc(Br)ccc3o2)CC1. The summed E-state index contributed by atoms with van der Waals surface area (Å²) in [6, 6.07) is 8.73. The molecule has 1 aromatic carbocycles. The molecule has 114 valence electrons. The average molecular weight is 351 g/mol. The van der Waals surface area contributed by atoms with E-state index in [1.54, 1.807) is 0 Å². The molecule has 1 fully saturated rings. The first-order valence-electron chi connectivity index (χ1n) is 7.75. The molecule has 1 aliphatic rings. The molecule has 0 radical (unpaired) electrons. The molecule has 0 spiro atoms. The van der Waals surface area contributed by atoms with Crippen molar-refractivity contribution in [3.8, 4) is 0 Å². The van der Waals surface area contributed by atoms with Crippen molar-refractivity contribution in [2.75, 3.05) is 26.7 Å². The van der Waals surface area contributed by atoms with Crippen LogP contribution in [0.25, 0.3) is 11.0 Å². The largest absolute Gasteiger partial charge is 0.459 e. The van der Waals surface area contributed by atoms with Crippen LogP contribution in [0, 0.1) is 5.92 Å². The van der Waals surface area contributed by atoms with Crippen LogP contribution in [0.15, 0.2) is 33.2 Å². The summed E-state index contributed by atoms with van der Waals surface area (Å²) in [6.07, 6.45) is 2.55. The van der Waals surface area contributed by atoms with Gasteiger partial charge in [0, 0.05) is 9.86 Å². The Balaban J connectivity index is 1.70. The van der Waals surface area contributed by atoms with Gasteiger partial charge in [0.15, 0.2) is 0 Å². The molecule has 2 aromatic rings. The predicted octanol–water partition coefficient (Wildman–Crippen LogP) is 4.19. The zero-order valence-corrected chi connectivity index (χ0v) is 14.3. The van der Waals surface area contributed by atoms with Gasteiger partial charge >= 0.3 is 0 Å². The molecule has 0 aliphatic carbocycles. The number of furan rings is 1. The van der Waals surface area contributed by atoms with Gasteiger partial charge in [-0.05, 0) is 76.6 Å². The number of benzene rings is 1. The van der Waals surface area contributed by atoms with Crippen LogP contribution in [-0.4, -0.2) is 31.6 Å². The Labute approximate surface area is 134 Å². The minimum atomic E-state index is 0.353. The fourth-order valence-corrected chi connectivity index (χ4v) is 3.63. The summed E-state index contributed by atoms with van der Waals surface area (Å²) < 4.78 is 7.14. The molecule has 1 N–H and O–H groups in total. The molecule has 0 bridgehead atoms. The molecule has 1 atom stereocenters. The van der Waals surface area contributed by atoms with Gasteiger partial charge in [-0.1, -0.05) is 15.9 Å².